The summed E-state index contributed by atoms with van der Waals surface area (Å²) in [4.78, 5) is 12.6. The van der Waals surface area contributed by atoms with E-state index in [0.29, 0.717) is 0 Å². The Balaban J connectivity index is 2.04. The van der Waals surface area contributed by atoms with Gasteiger partial charge in [-0.2, -0.15) is 0 Å². The van der Waals surface area contributed by atoms with Crippen LogP contribution in [0, 0.1) is 5.41 Å². The minimum atomic E-state index is -0.234. The lowest BCUT2D eigenvalue weighted by molar-refractivity contribution is -0.133. The molecule has 2 N–H and O–H groups in total. The highest BCUT2D eigenvalue weighted by Crippen LogP contribution is 2.31. The summed E-state index contributed by atoms with van der Waals surface area (Å²) in [5.74, 6) is 0.183. The van der Waals surface area contributed by atoms with Crippen molar-refractivity contribution in [1.82, 2.24) is 10.6 Å². The van der Waals surface area contributed by atoms with Crippen molar-refractivity contribution in [3.63, 3.8) is 0 Å². The van der Waals surface area contributed by atoms with E-state index in [9.17, 15) is 4.79 Å². The number of hydrogen-bond acceptors (Lipinski definition) is 2. The molecule has 1 aliphatic rings. The summed E-state index contributed by atoms with van der Waals surface area (Å²) in [6.45, 7) is 5.97. The Bertz CT molecular complexity index is 452. The van der Waals surface area contributed by atoms with E-state index in [1.54, 1.807) is 0 Å². The molecule has 0 spiro atoms. The third-order valence-corrected chi connectivity index (χ3v) is 4.88. The molecule has 4 heteroatoms. The fraction of sp³-hybridized carbons (Fsp3) is 0.562. The van der Waals surface area contributed by atoms with Gasteiger partial charge in [-0.25, -0.2) is 0 Å². The summed E-state index contributed by atoms with van der Waals surface area (Å²) in [7, 11) is 0. The molecule has 1 aliphatic heterocycles. The van der Waals surface area contributed by atoms with Crippen LogP contribution >= 0.6 is 15.9 Å². The molecule has 1 heterocycles. The van der Waals surface area contributed by atoms with E-state index in [1.165, 1.54) is 0 Å². The topological polar surface area (TPSA) is 41.1 Å². The van der Waals surface area contributed by atoms with Gasteiger partial charge in [0.1, 0.15) is 0 Å². The molecular weight excluding hydrogens is 316 g/mol. The summed E-state index contributed by atoms with van der Waals surface area (Å²) < 4.78 is 1.06. The molecule has 0 saturated carbocycles. The first-order valence-electron chi connectivity index (χ1n) is 7.34. The zero-order chi connectivity index (χ0) is 14.6. The average molecular weight is 339 g/mol. The van der Waals surface area contributed by atoms with Crippen LogP contribution in [0.5, 0.6) is 0 Å². The number of carbonyl (C=O) groups is 1. The van der Waals surface area contributed by atoms with Crippen LogP contribution in [0.25, 0.3) is 0 Å². The highest BCUT2D eigenvalue weighted by molar-refractivity contribution is 9.10. The number of rotatable bonds is 4. The maximum Gasteiger partial charge on any atom is 0.227 e. The average Bonchev–Trinajstić information content (AvgIpc) is 2.48. The number of hydrogen-bond donors (Lipinski definition) is 2. The number of benzene rings is 1. The van der Waals surface area contributed by atoms with Crippen molar-refractivity contribution in [2.24, 2.45) is 5.41 Å². The molecular formula is C16H23BrN2O. The fourth-order valence-electron chi connectivity index (χ4n) is 2.81. The minimum Gasteiger partial charge on any atom is -0.349 e. The normalized spacial score (nSPS) is 24.1. The van der Waals surface area contributed by atoms with Crippen molar-refractivity contribution in [2.75, 3.05) is 13.1 Å². The summed E-state index contributed by atoms with van der Waals surface area (Å²) in [6.07, 6.45) is 2.95. The molecule has 1 fully saturated rings. The van der Waals surface area contributed by atoms with Crippen LogP contribution < -0.4 is 10.6 Å². The molecule has 110 valence electrons. The van der Waals surface area contributed by atoms with Crippen LogP contribution in [0.2, 0.25) is 0 Å². The molecule has 0 bridgehead atoms. The van der Waals surface area contributed by atoms with Gasteiger partial charge in [0.05, 0.1) is 11.5 Å². The van der Waals surface area contributed by atoms with Crippen molar-refractivity contribution in [3.8, 4) is 0 Å². The fourth-order valence-corrected chi connectivity index (χ4v) is 3.07. The van der Waals surface area contributed by atoms with Gasteiger partial charge in [-0.3, -0.25) is 4.79 Å². The van der Waals surface area contributed by atoms with Crippen molar-refractivity contribution in [3.05, 3.63) is 34.3 Å². The van der Waals surface area contributed by atoms with Gasteiger partial charge >= 0.3 is 0 Å². The first-order valence-corrected chi connectivity index (χ1v) is 8.14. The Morgan fingerprint density at radius 2 is 2.15 bits per heavy atom. The maximum atomic E-state index is 12.6. The third-order valence-electron chi connectivity index (χ3n) is 4.35. The Hall–Kier alpha value is -0.870. The molecule has 0 aliphatic carbocycles. The second-order valence-corrected chi connectivity index (χ2v) is 6.58. The van der Waals surface area contributed by atoms with E-state index in [4.69, 9.17) is 0 Å². The van der Waals surface area contributed by atoms with E-state index >= 15 is 0 Å². The molecule has 1 unspecified atom stereocenters. The van der Waals surface area contributed by atoms with E-state index in [0.717, 1.165) is 42.4 Å². The Kier molecular flexibility index (Phi) is 5.22. The zero-order valence-electron chi connectivity index (χ0n) is 12.2. The lowest BCUT2D eigenvalue weighted by atomic mass is 9.77. The summed E-state index contributed by atoms with van der Waals surface area (Å²) >= 11 is 3.43. The van der Waals surface area contributed by atoms with Crippen molar-refractivity contribution < 1.29 is 4.79 Å². The van der Waals surface area contributed by atoms with Crippen molar-refractivity contribution >= 4 is 21.8 Å². The van der Waals surface area contributed by atoms with Gasteiger partial charge in [0, 0.05) is 11.0 Å². The summed E-state index contributed by atoms with van der Waals surface area (Å²) in [5, 5.41) is 6.54. The lowest BCUT2D eigenvalue weighted by Gasteiger charge is -2.36. The van der Waals surface area contributed by atoms with E-state index in [-0.39, 0.29) is 17.4 Å². The highest BCUT2D eigenvalue weighted by Gasteiger charge is 2.38. The molecule has 1 saturated heterocycles. The van der Waals surface area contributed by atoms with Gasteiger partial charge < -0.3 is 10.6 Å². The molecule has 0 aromatic heterocycles. The van der Waals surface area contributed by atoms with Gasteiger partial charge in [0.25, 0.3) is 0 Å². The zero-order valence-corrected chi connectivity index (χ0v) is 13.8. The standard InChI is InChI=1S/C16H23BrN2O/c1-3-16(9-4-10-18-11-16)15(20)19-12(2)13-5-7-14(17)8-6-13/h5-8,12,18H,3-4,9-11H2,1-2H3,(H,19,20)/t12-,16?/m0/s1. The predicted molar refractivity (Wildman–Crippen MR) is 85.5 cm³/mol. The van der Waals surface area contributed by atoms with E-state index in [1.807, 2.05) is 31.2 Å². The molecule has 1 amide bonds. The van der Waals surface area contributed by atoms with Crippen molar-refractivity contribution in [2.45, 2.75) is 39.2 Å². The SMILES string of the molecule is CCC1(C(=O)N[C@@H](C)c2ccc(Br)cc2)CCCNC1. The number of carbonyl (C=O) groups excluding carboxylic acids is 1. The summed E-state index contributed by atoms with van der Waals surface area (Å²) in [6, 6.07) is 8.16. The molecule has 1 aromatic carbocycles. The Morgan fingerprint density at radius 1 is 1.45 bits per heavy atom. The first kappa shape index (κ1) is 15.5. The Morgan fingerprint density at radius 3 is 2.70 bits per heavy atom. The number of nitrogens with one attached hydrogen (secondary N) is 2. The monoisotopic (exact) mass is 338 g/mol. The van der Waals surface area contributed by atoms with Gasteiger partial charge in [0.15, 0.2) is 0 Å². The van der Waals surface area contributed by atoms with E-state index in [2.05, 4.69) is 33.5 Å². The molecule has 2 atom stereocenters. The smallest absolute Gasteiger partial charge is 0.227 e. The van der Waals surface area contributed by atoms with Crippen LogP contribution in [0.15, 0.2) is 28.7 Å². The first-order chi connectivity index (χ1) is 9.57. The van der Waals surface area contributed by atoms with Gasteiger partial charge in [-0.15, -0.1) is 0 Å². The predicted octanol–water partition coefficient (Wildman–Crippen LogP) is 3.41. The number of halogens is 1. The minimum absolute atomic E-state index is 0.0425. The van der Waals surface area contributed by atoms with Gasteiger partial charge in [-0.1, -0.05) is 35.0 Å². The van der Waals surface area contributed by atoms with Crippen LogP contribution in [0.3, 0.4) is 0 Å². The lowest BCUT2D eigenvalue weighted by Crippen LogP contribution is -2.50. The number of amides is 1. The second kappa shape index (κ2) is 6.72. The molecule has 3 nitrogen and oxygen atoms in total. The third kappa shape index (κ3) is 3.41. The quantitative estimate of drug-likeness (QED) is 0.883. The largest absolute Gasteiger partial charge is 0.349 e. The molecule has 0 radical (unpaired) electrons. The van der Waals surface area contributed by atoms with E-state index < -0.39 is 0 Å². The van der Waals surface area contributed by atoms with Crippen LogP contribution in [-0.4, -0.2) is 19.0 Å². The van der Waals surface area contributed by atoms with Crippen LogP contribution in [0.4, 0.5) is 0 Å². The summed E-state index contributed by atoms with van der Waals surface area (Å²) in [5.41, 5.74) is 0.901. The van der Waals surface area contributed by atoms with Gasteiger partial charge in [-0.05, 0) is 50.4 Å². The number of piperidine rings is 1. The highest BCUT2D eigenvalue weighted by atomic mass is 79.9. The van der Waals surface area contributed by atoms with Crippen LogP contribution in [0.1, 0.15) is 44.7 Å². The Labute approximate surface area is 129 Å². The second-order valence-electron chi connectivity index (χ2n) is 5.66. The maximum absolute atomic E-state index is 12.6. The molecule has 20 heavy (non-hydrogen) atoms. The molecule has 2 rings (SSSR count). The molecule has 1 aromatic rings. The van der Waals surface area contributed by atoms with Crippen LogP contribution in [-0.2, 0) is 4.79 Å². The van der Waals surface area contributed by atoms with Gasteiger partial charge in [0.2, 0.25) is 5.91 Å². The van der Waals surface area contributed by atoms with Crippen molar-refractivity contribution in [1.29, 1.82) is 0 Å².